The number of benzene rings is 1. The Morgan fingerprint density at radius 2 is 1.86 bits per heavy atom. The highest BCUT2D eigenvalue weighted by Gasteiger charge is 1.98. The number of hydrazine groups is 1. The summed E-state index contributed by atoms with van der Waals surface area (Å²) >= 11 is 1.54. The Morgan fingerprint density at radius 1 is 1.21 bits per heavy atom. The number of hydrogen-bond acceptors (Lipinski definition) is 5. The summed E-state index contributed by atoms with van der Waals surface area (Å²) in [5, 5.41) is 2.84. The number of hydrogen-bond donors (Lipinski definition) is 2. The lowest BCUT2D eigenvalue weighted by Crippen LogP contribution is -2.31. The average Bonchev–Trinajstić information content (AvgIpc) is 2.77. The number of esters is 1. The molecule has 0 spiro atoms. The van der Waals surface area contributed by atoms with Crippen LogP contribution in [0.2, 0.25) is 0 Å². The minimum absolute atomic E-state index is 0.150. The summed E-state index contributed by atoms with van der Waals surface area (Å²) in [4.78, 5) is 14.8. The number of nitrogens with zero attached hydrogens (tertiary/aromatic N) is 1. The molecule has 0 aliphatic carbocycles. The Bertz CT molecular complexity index is 639. The Balaban J connectivity index is 0. The number of carbonyl (C=O) groups excluding carboxylic acids is 1. The highest BCUT2D eigenvalue weighted by atomic mass is 32.2. The van der Waals surface area contributed by atoms with Gasteiger partial charge < -0.3 is 10.2 Å². The van der Waals surface area contributed by atoms with Gasteiger partial charge in [0, 0.05) is 20.5 Å². The third-order valence-corrected chi connectivity index (χ3v) is 3.98. The smallest absolute Gasteiger partial charge is 0.305 e. The first kappa shape index (κ1) is 28.9. The minimum Gasteiger partial charge on any atom is -0.469 e. The number of methoxy groups -OCH3 is 1. The summed E-state index contributed by atoms with van der Waals surface area (Å²) in [6.07, 6.45) is 9.22. The second-order valence-corrected chi connectivity index (χ2v) is 6.24. The Hall–Kier alpha value is -2.31. The maximum atomic E-state index is 10.7. The van der Waals surface area contributed by atoms with Gasteiger partial charge in [-0.2, -0.15) is 0 Å². The number of nitrogens with one attached hydrogen (secondary N) is 2. The summed E-state index contributed by atoms with van der Waals surface area (Å²) in [5.74, 6) is -0.150. The van der Waals surface area contributed by atoms with Crippen LogP contribution < -0.4 is 10.9 Å². The molecule has 0 aromatic heterocycles. The molecule has 0 radical (unpaired) electrons. The normalized spacial score (nSPS) is 11.4. The number of amidine groups is 1. The number of allylic oxidation sites excluding steroid dienone is 4. The van der Waals surface area contributed by atoms with Crippen molar-refractivity contribution < 1.29 is 9.53 Å². The molecule has 0 aliphatic rings. The Morgan fingerprint density at radius 3 is 2.38 bits per heavy atom. The fourth-order valence-electron chi connectivity index (χ4n) is 1.73. The van der Waals surface area contributed by atoms with E-state index in [0.29, 0.717) is 6.42 Å². The topological polar surface area (TPSA) is 62.7 Å². The molecule has 0 heterocycles. The molecular weight excluding hydrogens is 382 g/mol. The molecule has 0 unspecified atom stereocenters. The van der Waals surface area contributed by atoms with Gasteiger partial charge >= 0.3 is 5.97 Å². The van der Waals surface area contributed by atoms with E-state index in [4.69, 9.17) is 0 Å². The van der Waals surface area contributed by atoms with Crippen molar-refractivity contribution in [3.63, 3.8) is 0 Å². The zero-order valence-electron chi connectivity index (χ0n) is 18.9. The van der Waals surface area contributed by atoms with Gasteiger partial charge in [-0.25, -0.2) is 5.43 Å². The quantitative estimate of drug-likeness (QED) is 0.198. The number of carbonyl (C=O) groups is 1. The van der Waals surface area contributed by atoms with Crippen molar-refractivity contribution >= 4 is 29.0 Å². The molecule has 29 heavy (non-hydrogen) atoms. The van der Waals surface area contributed by atoms with Crippen LogP contribution >= 0.6 is 11.8 Å². The van der Waals surface area contributed by atoms with Gasteiger partial charge in [-0.1, -0.05) is 79.7 Å². The summed E-state index contributed by atoms with van der Waals surface area (Å²) < 4.78 is 4.52. The van der Waals surface area contributed by atoms with E-state index in [9.17, 15) is 4.79 Å². The maximum absolute atomic E-state index is 10.7. The van der Waals surface area contributed by atoms with E-state index in [1.807, 2.05) is 82.7 Å². The van der Waals surface area contributed by atoms with Gasteiger partial charge in [-0.05, 0) is 37.3 Å². The fourth-order valence-corrected chi connectivity index (χ4v) is 2.35. The van der Waals surface area contributed by atoms with Gasteiger partial charge in [0.2, 0.25) is 0 Å². The van der Waals surface area contributed by atoms with Crippen molar-refractivity contribution in [2.75, 3.05) is 21.2 Å². The minimum atomic E-state index is -0.150. The van der Waals surface area contributed by atoms with Crippen molar-refractivity contribution in [3.05, 3.63) is 65.1 Å². The number of rotatable bonds is 7. The monoisotopic (exact) mass is 419 g/mol. The second kappa shape index (κ2) is 22.0. The predicted molar refractivity (Wildman–Crippen MR) is 130 cm³/mol. The molecular formula is C23H37N3O2S. The molecule has 0 fully saturated rings. The number of ether oxygens (including phenoxy) is 1. The van der Waals surface area contributed by atoms with Gasteiger partial charge in [0.25, 0.3) is 0 Å². The molecule has 6 heteroatoms. The van der Waals surface area contributed by atoms with Crippen LogP contribution in [0.25, 0.3) is 6.08 Å². The van der Waals surface area contributed by atoms with Crippen LogP contribution in [-0.4, -0.2) is 32.3 Å². The van der Waals surface area contributed by atoms with E-state index in [1.165, 1.54) is 30.0 Å². The first-order valence-electron chi connectivity index (χ1n) is 9.70. The van der Waals surface area contributed by atoms with Gasteiger partial charge in [0.15, 0.2) is 5.17 Å². The van der Waals surface area contributed by atoms with Crippen LogP contribution in [-0.2, 0) is 9.53 Å². The molecule has 1 aromatic rings. The van der Waals surface area contributed by atoms with Crippen molar-refractivity contribution in [3.8, 4) is 0 Å². The first-order chi connectivity index (χ1) is 14.1. The van der Waals surface area contributed by atoms with Crippen LogP contribution in [0, 0.1) is 0 Å². The highest BCUT2D eigenvalue weighted by molar-refractivity contribution is 8.16. The zero-order valence-corrected chi connectivity index (χ0v) is 19.7. The van der Waals surface area contributed by atoms with E-state index in [1.54, 1.807) is 7.05 Å². The standard InChI is InChI=1S/C11H15N3S.C10H16O2.C2H6/c1-12-11(14-13-2)15-9-8-10-6-4-3-5-7-10;1-4-5-6-9(2)7-8-10(11)12-3;1-2/h3-9,13H,1-2H3,(H,12,14);4-6H,7-8H2,1-3H3;1-2H3/b9-8+;5-4-,9-6+;. The van der Waals surface area contributed by atoms with E-state index in [0.717, 1.165) is 11.6 Å². The van der Waals surface area contributed by atoms with Crippen LogP contribution in [0.4, 0.5) is 0 Å². The molecule has 0 saturated carbocycles. The molecule has 0 atom stereocenters. The van der Waals surface area contributed by atoms with E-state index >= 15 is 0 Å². The maximum Gasteiger partial charge on any atom is 0.305 e. The van der Waals surface area contributed by atoms with Crippen LogP contribution in [0.15, 0.2) is 64.5 Å². The molecule has 2 N–H and O–H groups in total. The summed E-state index contributed by atoms with van der Waals surface area (Å²) in [5.41, 5.74) is 8.14. The van der Waals surface area contributed by atoms with Crippen molar-refractivity contribution in [1.82, 2.24) is 10.9 Å². The molecule has 0 saturated heterocycles. The third kappa shape index (κ3) is 18.8. The lowest BCUT2D eigenvalue weighted by Gasteiger charge is -2.03. The second-order valence-electron chi connectivity index (χ2n) is 5.35. The Kier molecular flexibility index (Phi) is 21.9. The van der Waals surface area contributed by atoms with Crippen molar-refractivity contribution in [2.45, 2.75) is 40.5 Å². The van der Waals surface area contributed by atoms with E-state index in [-0.39, 0.29) is 5.97 Å². The lowest BCUT2D eigenvalue weighted by atomic mass is 10.1. The van der Waals surface area contributed by atoms with E-state index < -0.39 is 0 Å². The van der Waals surface area contributed by atoms with Gasteiger partial charge in [0.1, 0.15) is 0 Å². The van der Waals surface area contributed by atoms with Gasteiger partial charge in [-0.3, -0.25) is 9.79 Å². The zero-order chi connectivity index (χ0) is 22.3. The number of aliphatic imine (C=N–C) groups is 1. The molecule has 162 valence electrons. The van der Waals surface area contributed by atoms with Crippen LogP contribution in [0.3, 0.4) is 0 Å². The van der Waals surface area contributed by atoms with Gasteiger partial charge in [0.05, 0.1) is 7.11 Å². The number of thioether (sulfide) groups is 1. The van der Waals surface area contributed by atoms with Crippen LogP contribution in [0.5, 0.6) is 0 Å². The molecule has 1 rings (SSSR count). The predicted octanol–water partition coefficient (Wildman–Crippen LogP) is 5.59. The fraction of sp³-hybridized carbons (Fsp3) is 0.391. The van der Waals surface area contributed by atoms with Crippen LogP contribution in [0.1, 0.15) is 46.1 Å². The molecule has 0 bridgehead atoms. The SMILES string of the molecule is C/C=C\C=C(/C)CCC(=O)OC.CC.CN=C(NNC)S/C=C/c1ccccc1. The Labute approximate surface area is 181 Å². The molecule has 1 aromatic carbocycles. The largest absolute Gasteiger partial charge is 0.469 e. The third-order valence-electron chi connectivity index (χ3n) is 3.20. The summed E-state index contributed by atoms with van der Waals surface area (Å²) in [6, 6.07) is 10.2. The van der Waals surface area contributed by atoms with Gasteiger partial charge in [-0.15, -0.1) is 0 Å². The lowest BCUT2D eigenvalue weighted by molar-refractivity contribution is -0.140. The molecule has 0 amide bonds. The summed E-state index contributed by atoms with van der Waals surface area (Å²) in [6.45, 7) is 7.97. The van der Waals surface area contributed by atoms with E-state index in [2.05, 4.69) is 32.7 Å². The highest BCUT2D eigenvalue weighted by Crippen LogP contribution is 2.08. The molecule has 0 aliphatic heterocycles. The van der Waals surface area contributed by atoms with Crippen molar-refractivity contribution in [1.29, 1.82) is 0 Å². The molecule has 5 nitrogen and oxygen atoms in total. The van der Waals surface area contributed by atoms with Crippen molar-refractivity contribution in [2.24, 2.45) is 4.99 Å². The first-order valence-corrected chi connectivity index (χ1v) is 10.6. The average molecular weight is 420 g/mol. The summed E-state index contributed by atoms with van der Waals surface area (Å²) in [7, 11) is 4.98.